The maximum Gasteiger partial charge on any atom is 0.261 e. The zero-order valence-corrected chi connectivity index (χ0v) is 16.2. The van der Waals surface area contributed by atoms with Gasteiger partial charge in [0.15, 0.2) is 6.10 Å². The summed E-state index contributed by atoms with van der Waals surface area (Å²) in [7, 11) is 4.01. The minimum atomic E-state index is -0.510. The molecule has 0 aromatic heterocycles. The number of benzene rings is 2. The molecule has 1 unspecified atom stereocenters. The predicted molar refractivity (Wildman–Crippen MR) is 108 cm³/mol. The standard InChI is InChI=1S/C22H29N3O2/c1-25(2)14-12-21(22(26)24-15-17-7-4-3-5-8-17)27-20-10-6-9-18-11-13-23-16-19(18)20/h3-10,21,23H,11-16H2,1-2H3,(H,24,26). The van der Waals surface area contributed by atoms with Crippen LogP contribution < -0.4 is 15.4 Å². The summed E-state index contributed by atoms with van der Waals surface area (Å²) in [6.45, 7) is 3.07. The second kappa shape index (κ2) is 9.53. The van der Waals surface area contributed by atoms with Crippen LogP contribution in [0, 0.1) is 0 Å². The number of carbonyl (C=O) groups is 1. The molecule has 1 atom stereocenters. The quantitative estimate of drug-likeness (QED) is 0.752. The number of nitrogens with one attached hydrogen (secondary N) is 2. The molecular weight excluding hydrogens is 338 g/mol. The van der Waals surface area contributed by atoms with E-state index in [4.69, 9.17) is 4.74 Å². The Labute approximate surface area is 161 Å². The first-order valence-electron chi connectivity index (χ1n) is 9.58. The van der Waals surface area contributed by atoms with Gasteiger partial charge in [0.05, 0.1) is 0 Å². The Balaban J connectivity index is 1.70. The van der Waals surface area contributed by atoms with Crippen LogP contribution in [0.2, 0.25) is 0 Å². The van der Waals surface area contributed by atoms with Gasteiger partial charge in [-0.3, -0.25) is 4.79 Å². The summed E-state index contributed by atoms with van der Waals surface area (Å²) in [4.78, 5) is 14.9. The van der Waals surface area contributed by atoms with Crippen molar-refractivity contribution < 1.29 is 9.53 Å². The predicted octanol–water partition coefficient (Wildman–Crippen LogP) is 2.35. The van der Waals surface area contributed by atoms with E-state index in [1.165, 1.54) is 11.1 Å². The lowest BCUT2D eigenvalue weighted by Gasteiger charge is -2.25. The van der Waals surface area contributed by atoms with Crippen LogP contribution in [-0.2, 0) is 24.3 Å². The molecule has 1 amide bonds. The van der Waals surface area contributed by atoms with Crippen LogP contribution in [0.1, 0.15) is 23.1 Å². The van der Waals surface area contributed by atoms with Crippen LogP contribution in [0.3, 0.4) is 0 Å². The number of ether oxygens (including phenoxy) is 1. The molecule has 0 bridgehead atoms. The summed E-state index contributed by atoms with van der Waals surface area (Å²) < 4.78 is 6.23. The molecule has 5 nitrogen and oxygen atoms in total. The number of hydrogen-bond acceptors (Lipinski definition) is 4. The normalized spacial score (nSPS) is 14.5. The van der Waals surface area contributed by atoms with Gasteiger partial charge < -0.3 is 20.3 Å². The zero-order valence-electron chi connectivity index (χ0n) is 16.2. The number of carbonyl (C=O) groups excluding carboxylic acids is 1. The van der Waals surface area contributed by atoms with Crippen LogP contribution in [0.15, 0.2) is 48.5 Å². The summed E-state index contributed by atoms with van der Waals surface area (Å²) in [6, 6.07) is 16.1. The van der Waals surface area contributed by atoms with Crippen LogP contribution >= 0.6 is 0 Å². The van der Waals surface area contributed by atoms with E-state index in [2.05, 4.69) is 21.6 Å². The minimum Gasteiger partial charge on any atom is -0.480 e. The fourth-order valence-electron chi connectivity index (χ4n) is 3.26. The highest BCUT2D eigenvalue weighted by Crippen LogP contribution is 2.26. The Morgan fingerprint density at radius 3 is 2.78 bits per heavy atom. The van der Waals surface area contributed by atoms with Gasteiger partial charge in [-0.2, -0.15) is 0 Å². The Bertz CT molecular complexity index is 746. The van der Waals surface area contributed by atoms with Gasteiger partial charge in [-0.1, -0.05) is 42.5 Å². The number of rotatable bonds is 8. The Morgan fingerprint density at radius 1 is 1.19 bits per heavy atom. The van der Waals surface area contributed by atoms with Crippen LogP contribution in [0.5, 0.6) is 5.75 Å². The summed E-state index contributed by atoms with van der Waals surface area (Å²) in [6.07, 6.45) is 1.13. The first-order chi connectivity index (χ1) is 13.1. The lowest BCUT2D eigenvalue weighted by molar-refractivity contribution is -0.128. The number of amides is 1. The summed E-state index contributed by atoms with van der Waals surface area (Å²) in [5.41, 5.74) is 3.57. The minimum absolute atomic E-state index is 0.0675. The maximum atomic E-state index is 12.8. The van der Waals surface area contributed by atoms with Gasteiger partial charge in [-0.25, -0.2) is 0 Å². The first-order valence-corrected chi connectivity index (χ1v) is 9.58. The van der Waals surface area contributed by atoms with Crippen LogP contribution in [-0.4, -0.2) is 44.1 Å². The van der Waals surface area contributed by atoms with E-state index in [1.54, 1.807) is 0 Å². The van der Waals surface area contributed by atoms with Crippen molar-refractivity contribution in [2.45, 2.75) is 32.0 Å². The zero-order chi connectivity index (χ0) is 19.1. The van der Waals surface area contributed by atoms with Gasteiger partial charge in [-0.15, -0.1) is 0 Å². The van der Waals surface area contributed by atoms with Crippen LogP contribution in [0.25, 0.3) is 0 Å². The average molecular weight is 367 g/mol. The third-order valence-corrected chi connectivity index (χ3v) is 4.81. The summed E-state index contributed by atoms with van der Waals surface area (Å²) in [5, 5.41) is 6.42. The number of hydrogen-bond donors (Lipinski definition) is 2. The van der Waals surface area contributed by atoms with E-state index >= 15 is 0 Å². The van der Waals surface area contributed by atoms with Gasteiger partial charge in [0.25, 0.3) is 5.91 Å². The van der Waals surface area contributed by atoms with Crippen molar-refractivity contribution in [3.05, 3.63) is 65.2 Å². The van der Waals surface area contributed by atoms with E-state index in [1.807, 2.05) is 56.6 Å². The molecule has 1 heterocycles. The molecular formula is C22H29N3O2. The summed E-state index contributed by atoms with van der Waals surface area (Å²) >= 11 is 0. The Kier molecular flexibility index (Phi) is 6.85. The number of fused-ring (bicyclic) bond motifs is 1. The topological polar surface area (TPSA) is 53.6 Å². The molecule has 0 radical (unpaired) electrons. The molecule has 0 fully saturated rings. The van der Waals surface area contributed by atoms with Gasteiger partial charge in [0.1, 0.15) is 5.75 Å². The second-order valence-electron chi connectivity index (χ2n) is 7.22. The highest BCUT2D eigenvalue weighted by atomic mass is 16.5. The molecule has 2 N–H and O–H groups in total. The highest BCUT2D eigenvalue weighted by Gasteiger charge is 2.23. The van der Waals surface area contributed by atoms with E-state index in [9.17, 15) is 4.79 Å². The van der Waals surface area contributed by atoms with Crippen molar-refractivity contribution in [2.75, 3.05) is 27.2 Å². The Morgan fingerprint density at radius 2 is 2.00 bits per heavy atom. The van der Waals surface area contributed by atoms with Crippen LogP contribution in [0.4, 0.5) is 0 Å². The van der Waals surface area contributed by atoms with Crippen molar-refractivity contribution in [2.24, 2.45) is 0 Å². The summed E-state index contributed by atoms with van der Waals surface area (Å²) in [5.74, 6) is 0.750. The third-order valence-electron chi connectivity index (χ3n) is 4.81. The first kappa shape index (κ1) is 19.4. The van der Waals surface area contributed by atoms with Gasteiger partial charge in [0.2, 0.25) is 0 Å². The van der Waals surface area contributed by atoms with E-state index < -0.39 is 6.10 Å². The van der Waals surface area contributed by atoms with Gasteiger partial charge in [0, 0.05) is 31.6 Å². The van der Waals surface area contributed by atoms with Crippen molar-refractivity contribution in [1.29, 1.82) is 0 Å². The SMILES string of the molecule is CN(C)CCC(Oc1cccc2c1CNCC2)C(=O)NCc1ccccc1. The lowest BCUT2D eigenvalue weighted by atomic mass is 10.00. The molecule has 0 saturated heterocycles. The molecule has 2 aromatic carbocycles. The third kappa shape index (κ3) is 5.55. The molecule has 2 aromatic rings. The molecule has 0 aliphatic carbocycles. The van der Waals surface area contributed by atoms with Crippen molar-refractivity contribution >= 4 is 5.91 Å². The van der Waals surface area contributed by atoms with E-state index in [0.717, 1.165) is 37.4 Å². The molecule has 1 aliphatic heterocycles. The molecule has 27 heavy (non-hydrogen) atoms. The van der Waals surface area contributed by atoms with E-state index in [0.29, 0.717) is 13.0 Å². The largest absolute Gasteiger partial charge is 0.480 e. The average Bonchev–Trinajstić information content (AvgIpc) is 2.70. The maximum absolute atomic E-state index is 12.8. The fraction of sp³-hybridized carbons (Fsp3) is 0.409. The fourth-order valence-corrected chi connectivity index (χ4v) is 3.26. The van der Waals surface area contributed by atoms with Crippen molar-refractivity contribution in [3.8, 4) is 5.75 Å². The van der Waals surface area contributed by atoms with Crippen molar-refractivity contribution in [3.63, 3.8) is 0 Å². The second-order valence-corrected chi connectivity index (χ2v) is 7.22. The highest BCUT2D eigenvalue weighted by molar-refractivity contribution is 5.81. The Hall–Kier alpha value is -2.37. The smallest absolute Gasteiger partial charge is 0.261 e. The molecule has 0 saturated carbocycles. The van der Waals surface area contributed by atoms with E-state index in [-0.39, 0.29) is 5.91 Å². The molecule has 5 heteroatoms. The lowest BCUT2D eigenvalue weighted by Crippen LogP contribution is -2.40. The molecule has 144 valence electrons. The molecule has 3 rings (SSSR count). The van der Waals surface area contributed by atoms with Gasteiger partial charge >= 0.3 is 0 Å². The van der Waals surface area contributed by atoms with Gasteiger partial charge in [-0.05, 0) is 44.3 Å². The molecule has 1 aliphatic rings. The monoisotopic (exact) mass is 367 g/mol. The number of nitrogens with zero attached hydrogens (tertiary/aromatic N) is 1. The molecule has 0 spiro atoms. The van der Waals surface area contributed by atoms with Crippen molar-refractivity contribution in [1.82, 2.24) is 15.5 Å².